The number of hydrogen-bond donors (Lipinski definition) is 3. The zero-order valence-electron chi connectivity index (χ0n) is 15.8. The number of rotatable bonds is 6. The molecule has 0 aliphatic rings. The number of hydrazine groups is 1. The molecule has 0 bridgehead atoms. The molecule has 3 amide bonds. The highest BCUT2D eigenvalue weighted by atomic mass is 35.5. The first-order valence-electron chi connectivity index (χ1n) is 8.62. The van der Waals surface area contributed by atoms with E-state index < -0.39 is 23.8 Å². The second-order valence-electron chi connectivity index (χ2n) is 6.38. The molecule has 8 heteroatoms. The molecule has 1 atom stereocenters. The maximum Gasteiger partial charge on any atom is 0.269 e. The van der Waals surface area contributed by atoms with Crippen LogP contribution in [0.2, 0.25) is 5.02 Å². The highest BCUT2D eigenvalue weighted by molar-refractivity contribution is 6.30. The van der Waals surface area contributed by atoms with Crippen LogP contribution in [0.5, 0.6) is 5.75 Å². The van der Waals surface area contributed by atoms with E-state index in [4.69, 9.17) is 16.3 Å². The summed E-state index contributed by atoms with van der Waals surface area (Å²) in [6, 6.07) is 12.0. The van der Waals surface area contributed by atoms with Crippen molar-refractivity contribution >= 4 is 29.3 Å². The van der Waals surface area contributed by atoms with Gasteiger partial charge in [0.15, 0.2) is 0 Å². The molecule has 2 aromatic carbocycles. The number of carbonyl (C=O) groups is 3. The van der Waals surface area contributed by atoms with Gasteiger partial charge in [0.05, 0.1) is 7.11 Å². The van der Waals surface area contributed by atoms with Crippen molar-refractivity contribution in [2.45, 2.75) is 19.9 Å². The van der Waals surface area contributed by atoms with Crippen LogP contribution < -0.4 is 20.9 Å². The Balaban J connectivity index is 1.99. The number of methoxy groups -OCH3 is 1. The van der Waals surface area contributed by atoms with Gasteiger partial charge in [-0.25, -0.2) is 0 Å². The van der Waals surface area contributed by atoms with E-state index in [1.807, 2.05) is 0 Å². The lowest BCUT2D eigenvalue weighted by Gasteiger charge is -2.22. The summed E-state index contributed by atoms with van der Waals surface area (Å²) in [5.74, 6) is -1.03. The van der Waals surface area contributed by atoms with Crippen molar-refractivity contribution in [1.82, 2.24) is 16.2 Å². The lowest BCUT2D eigenvalue weighted by atomic mass is 10.0. The molecule has 0 aliphatic carbocycles. The smallest absolute Gasteiger partial charge is 0.269 e. The van der Waals surface area contributed by atoms with Crippen LogP contribution in [0.1, 0.15) is 34.6 Å². The highest BCUT2D eigenvalue weighted by Gasteiger charge is 2.25. The average Bonchev–Trinajstić information content (AvgIpc) is 2.69. The van der Waals surface area contributed by atoms with Gasteiger partial charge in [0.1, 0.15) is 11.8 Å². The number of amides is 3. The van der Waals surface area contributed by atoms with Crippen LogP contribution in [0.25, 0.3) is 0 Å². The fourth-order valence-electron chi connectivity index (χ4n) is 2.40. The largest absolute Gasteiger partial charge is 0.497 e. The molecule has 0 fully saturated rings. The fourth-order valence-corrected chi connectivity index (χ4v) is 2.59. The molecule has 0 saturated heterocycles. The van der Waals surface area contributed by atoms with Crippen molar-refractivity contribution in [2.24, 2.45) is 5.92 Å². The summed E-state index contributed by atoms with van der Waals surface area (Å²) < 4.78 is 5.06. The highest BCUT2D eigenvalue weighted by Crippen LogP contribution is 2.12. The summed E-state index contributed by atoms with van der Waals surface area (Å²) in [5.41, 5.74) is 5.36. The number of ether oxygens (including phenoxy) is 1. The van der Waals surface area contributed by atoms with Crippen LogP contribution in [-0.2, 0) is 4.79 Å². The summed E-state index contributed by atoms with van der Waals surface area (Å²) in [6.07, 6.45) is 0. The van der Waals surface area contributed by atoms with Crippen molar-refractivity contribution in [3.8, 4) is 5.75 Å². The van der Waals surface area contributed by atoms with Gasteiger partial charge in [-0.1, -0.05) is 31.5 Å². The Labute approximate surface area is 168 Å². The summed E-state index contributed by atoms with van der Waals surface area (Å²) in [5, 5.41) is 3.09. The molecule has 2 aromatic rings. The van der Waals surface area contributed by atoms with Crippen LogP contribution >= 0.6 is 11.6 Å². The van der Waals surface area contributed by atoms with Crippen LogP contribution in [0.4, 0.5) is 0 Å². The lowest BCUT2D eigenvalue weighted by molar-refractivity contribution is -0.124. The number of benzene rings is 2. The maximum absolute atomic E-state index is 12.5. The van der Waals surface area contributed by atoms with E-state index in [2.05, 4.69) is 16.2 Å². The predicted octanol–water partition coefficient (Wildman–Crippen LogP) is 2.56. The van der Waals surface area contributed by atoms with Gasteiger partial charge in [-0.3, -0.25) is 25.2 Å². The summed E-state index contributed by atoms with van der Waals surface area (Å²) in [4.78, 5) is 37.0. The van der Waals surface area contributed by atoms with E-state index in [1.54, 1.807) is 56.3 Å². The van der Waals surface area contributed by atoms with Gasteiger partial charge in [-0.2, -0.15) is 0 Å². The second kappa shape index (κ2) is 9.75. The fraction of sp³-hybridized carbons (Fsp3) is 0.250. The summed E-state index contributed by atoms with van der Waals surface area (Å²) in [7, 11) is 1.53. The van der Waals surface area contributed by atoms with Crippen molar-refractivity contribution in [2.75, 3.05) is 7.11 Å². The zero-order valence-corrected chi connectivity index (χ0v) is 16.5. The van der Waals surface area contributed by atoms with E-state index in [0.29, 0.717) is 21.9 Å². The average molecular weight is 404 g/mol. The van der Waals surface area contributed by atoms with Crippen molar-refractivity contribution < 1.29 is 19.1 Å². The quantitative estimate of drug-likeness (QED) is 0.646. The summed E-state index contributed by atoms with van der Waals surface area (Å²) >= 11 is 5.86. The van der Waals surface area contributed by atoms with Crippen LogP contribution in [0.15, 0.2) is 48.5 Å². The van der Waals surface area contributed by atoms with Gasteiger partial charge in [0, 0.05) is 16.1 Å². The number of hydrogen-bond acceptors (Lipinski definition) is 4. The second-order valence-corrected chi connectivity index (χ2v) is 6.81. The van der Waals surface area contributed by atoms with Gasteiger partial charge in [-0.05, 0) is 48.4 Å². The van der Waals surface area contributed by atoms with E-state index in [-0.39, 0.29) is 5.92 Å². The first-order chi connectivity index (χ1) is 13.3. The molecule has 0 saturated carbocycles. The van der Waals surface area contributed by atoms with Gasteiger partial charge in [-0.15, -0.1) is 0 Å². The predicted molar refractivity (Wildman–Crippen MR) is 106 cm³/mol. The molecule has 2 rings (SSSR count). The van der Waals surface area contributed by atoms with Crippen molar-refractivity contribution in [3.63, 3.8) is 0 Å². The molecular formula is C20H22ClN3O4. The van der Waals surface area contributed by atoms with Gasteiger partial charge in [0.25, 0.3) is 17.7 Å². The Bertz CT molecular complexity index is 853. The third kappa shape index (κ3) is 5.72. The monoisotopic (exact) mass is 403 g/mol. The topological polar surface area (TPSA) is 96.5 Å². The number of nitrogens with one attached hydrogen (secondary N) is 3. The lowest BCUT2D eigenvalue weighted by Crippen LogP contribution is -2.54. The third-order valence-electron chi connectivity index (χ3n) is 3.97. The van der Waals surface area contributed by atoms with E-state index in [1.165, 1.54) is 13.2 Å². The molecule has 28 heavy (non-hydrogen) atoms. The van der Waals surface area contributed by atoms with Crippen LogP contribution in [-0.4, -0.2) is 30.9 Å². The Morgan fingerprint density at radius 2 is 1.61 bits per heavy atom. The molecule has 148 valence electrons. The maximum atomic E-state index is 12.5. The minimum atomic E-state index is -0.839. The van der Waals surface area contributed by atoms with Gasteiger partial charge >= 0.3 is 0 Å². The van der Waals surface area contributed by atoms with Crippen LogP contribution in [0, 0.1) is 5.92 Å². The Hall–Kier alpha value is -3.06. The molecule has 3 N–H and O–H groups in total. The minimum absolute atomic E-state index is 0.203. The third-order valence-corrected chi connectivity index (χ3v) is 4.21. The molecule has 0 aliphatic heterocycles. The van der Waals surface area contributed by atoms with E-state index in [9.17, 15) is 14.4 Å². The molecule has 0 aromatic heterocycles. The van der Waals surface area contributed by atoms with Gasteiger partial charge < -0.3 is 10.1 Å². The normalized spacial score (nSPS) is 11.5. The van der Waals surface area contributed by atoms with E-state index in [0.717, 1.165) is 0 Å². The Morgan fingerprint density at radius 3 is 2.18 bits per heavy atom. The molecule has 0 heterocycles. The first kappa shape index (κ1) is 21.2. The Kier molecular flexibility index (Phi) is 7.40. The molecule has 0 spiro atoms. The molecule has 0 radical (unpaired) electrons. The number of carbonyl (C=O) groups excluding carboxylic acids is 3. The van der Waals surface area contributed by atoms with E-state index >= 15 is 0 Å². The molecule has 0 unspecified atom stereocenters. The SMILES string of the molecule is COc1ccc(C(=O)N[C@H](C(=O)NNC(=O)c2cccc(Cl)c2)C(C)C)cc1. The molecular weight excluding hydrogens is 382 g/mol. The zero-order chi connectivity index (χ0) is 20.7. The molecule has 7 nitrogen and oxygen atoms in total. The minimum Gasteiger partial charge on any atom is -0.497 e. The summed E-state index contributed by atoms with van der Waals surface area (Å²) in [6.45, 7) is 3.58. The van der Waals surface area contributed by atoms with Gasteiger partial charge in [0.2, 0.25) is 0 Å². The van der Waals surface area contributed by atoms with Crippen molar-refractivity contribution in [3.05, 3.63) is 64.7 Å². The Morgan fingerprint density at radius 1 is 0.929 bits per heavy atom. The van der Waals surface area contributed by atoms with Crippen molar-refractivity contribution in [1.29, 1.82) is 0 Å². The van der Waals surface area contributed by atoms with Crippen LogP contribution in [0.3, 0.4) is 0 Å². The number of halogens is 1. The standard InChI is InChI=1S/C20H22ClN3O4/c1-12(2)17(22-18(25)13-7-9-16(28-3)10-8-13)20(27)24-23-19(26)14-5-4-6-15(21)11-14/h4-12,17H,1-3H3,(H,22,25)(H,23,26)(H,24,27)/t17-/m0/s1. The first-order valence-corrected chi connectivity index (χ1v) is 9.00.